The second-order valence-electron chi connectivity index (χ2n) is 4.03. The molecule has 1 fully saturated rings. The molecule has 0 spiro atoms. The Balaban J connectivity index is 2.44. The Bertz CT molecular complexity index is 268. The molecule has 0 radical (unpaired) electrons. The van der Waals surface area contributed by atoms with Crippen molar-refractivity contribution in [3.05, 3.63) is 0 Å². The highest BCUT2D eigenvalue weighted by Gasteiger charge is 2.42. The monoisotopic (exact) mass is 269 g/mol. The summed E-state index contributed by atoms with van der Waals surface area (Å²) >= 11 is 0. The number of carbonyl (C=O) groups excluding carboxylic acids is 1. The van der Waals surface area contributed by atoms with Crippen LogP contribution in [-0.4, -0.2) is 74.4 Å². The molecule has 8 heteroatoms. The summed E-state index contributed by atoms with van der Waals surface area (Å²) < 4.78 is 42.1. The Morgan fingerprint density at radius 3 is 2.39 bits per heavy atom. The van der Waals surface area contributed by atoms with Crippen molar-refractivity contribution in [1.82, 2.24) is 9.80 Å². The van der Waals surface area contributed by atoms with E-state index >= 15 is 0 Å². The largest absolute Gasteiger partial charge is 0.471 e. The van der Waals surface area contributed by atoms with Gasteiger partial charge in [0.05, 0.1) is 13.2 Å². The second kappa shape index (κ2) is 6.91. The number of halogens is 3. The van der Waals surface area contributed by atoms with Gasteiger partial charge in [0.1, 0.15) is 0 Å². The standard InChI is InChI=1S/C10H18F3N3O2/c11-10(12,13)9(17)16(2-1-14)4-3-15-5-7-18-8-6-15/h1-8,14H2. The first kappa shape index (κ1) is 15.2. The van der Waals surface area contributed by atoms with Crippen LogP contribution in [-0.2, 0) is 9.53 Å². The summed E-state index contributed by atoms with van der Waals surface area (Å²) in [4.78, 5) is 13.9. The third-order valence-electron chi connectivity index (χ3n) is 2.72. The minimum Gasteiger partial charge on any atom is -0.379 e. The first-order valence-electron chi connectivity index (χ1n) is 5.81. The van der Waals surface area contributed by atoms with E-state index in [0.29, 0.717) is 32.8 Å². The van der Waals surface area contributed by atoms with Crippen LogP contribution >= 0.6 is 0 Å². The van der Waals surface area contributed by atoms with Crippen molar-refractivity contribution in [1.29, 1.82) is 0 Å². The predicted octanol–water partition coefficient (Wildman–Crippen LogP) is -0.332. The van der Waals surface area contributed by atoms with E-state index in [1.54, 1.807) is 0 Å². The van der Waals surface area contributed by atoms with Gasteiger partial charge in [-0.2, -0.15) is 13.2 Å². The van der Waals surface area contributed by atoms with E-state index in [2.05, 4.69) is 0 Å². The molecule has 1 saturated heterocycles. The molecule has 1 heterocycles. The summed E-state index contributed by atoms with van der Waals surface area (Å²) in [6.07, 6.45) is -4.83. The molecular formula is C10H18F3N3O2. The normalized spacial score (nSPS) is 17.8. The maximum absolute atomic E-state index is 12.3. The van der Waals surface area contributed by atoms with E-state index in [4.69, 9.17) is 10.5 Å². The van der Waals surface area contributed by atoms with E-state index in [1.165, 1.54) is 0 Å². The number of amides is 1. The molecule has 5 nitrogen and oxygen atoms in total. The lowest BCUT2D eigenvalue weighted by Gasteiger charge is -2.30. The van der Waals surface area contributed by atoms with Crippen LogP contribution in [0.2, 0.25) is 0 Å². The van der Waals surface area contributed by atoms with Gasteiger partial charge in [-0.15, -0.1) is 0 Å². The molecule has 0 bridgehead atoms. The Hall–Kier alpha value is -0.860. The van der Waals surface area contributed by atoms with Gasteiger partial charge in [-0.1, -0.05) is 0 Å². The zero-order chi connectivity index (χ0) is 13.6. The molecule has 0 aromatic rings. The number of hydrogen-bond donors (Lipinski definition) is 1. The van der Waals surface area contributed by atoms with Crippen LogP contribution in [0, 0.1) is 0 Å². The smallest absolute Gasteiger partial charge is 0.379 e. The molecule has 0 aliphatic carbocycles. The lowest BCUT2D eigenvalue weighted by Crippen LogP contribution is -2.48. The van der Waals surface area contributed by atoms with Crippen LogP contribution in [0.15, 0.2) is 0 Å². The Morgan fingerprint density at radius 1 is 1.28 bits per heavy atom. The third-order valence-corrected chi connectivity index (χ3v) is 2.72. The molecule has 18 heavy (non-hydrogen) atoms. The van der Waals surface area contributed by atoms with Crippen molar-refractivity contribution >= 4 is 5.91 Å². The summed E-state index contributed by atoms with van der Waals surface area (Å²) in [5, 5.41) is 0. The SMILES string of the molecule is NCCN(CCN1CCOCC1)C(=O)C(F)(F)F. The Labute approximate surface area is 104 Å². The summed E-state index contributed by atoms with van der Waals surface area (Å²) in [6, 6.07) is 0. The average Bonchev–Trinajstić information content (AvgIpc) is 2.34. The molecule has 1 aliphatic heterocycles. The van der Waals surface area contributed by atoms with Gasteiger partial charge in [0.2, 0.25) is 0 Å². The fourth-order valence-electron chi connectivity index (χ4n) is 1.74. The number of hydrogen-bond acceptors (Lipinski definition) is 4. The van der Waals surface area contributed by atoms with E-state index in [0.717, 1.165) is 4.90 Å². The van der Waals surface area contributed by atoms with Gasteiger partial charge >= 0.3 is 12.1 Å². The fourth-order valence-corrected chi connectivity index (χ4v) is 1.74. The van der Waals surface area contributed by atoms with Crippen molar-refractivity contribution in [3.63, 3.8) is 0 Å². The molecular weight excluding hydrogens is 251 g/mol. The number of alkyl halides is 3. The topological polar surface area (TPSA) is 58.8 Å². The van der Waals surface area contributed by atoms with Gasteiger partial charge in [-0.3, -0.25) is 9.69 Å². The van der Waals surface area contributed by atoms with Crippen LogP contribution in [0.25, 0.3) is 0 Å². The molecule has 0 aromatic carbocycles. The van der Waals surface area contributed by atoms with Gasteiger partial charge in [0.15, 0.2) is 0 Å². The summed E-state index contributed by atoms with van der Waals surface area (Å²) in [5.74, 6) is -1.82. The lowest BCUT2D eigenvalue weighted by atomic mass is 10.3. The highest BCUT2D eigenvalue weighted by Crippen LogP contribution is 2.18. The number of rotatable bonds is 5. The molecule has 1 aliphatic rings. The number of nitrogens with two attached hydrogens (primary N) is 1. The zero-order valence-electron chi connectivity index (χ0n) is 10.1. The van der Waals surface area contributed by atoms with E-state index in [1.807, 2.05) is 4.90 Å². The van der Waals surface area contributed by atoms with Crippen molar-refractivity contribution < 1.29 is 22.7 Å². The minimum atomic E-state index is -4.83. The molecule has 106 valence electrons. The maximum atomic E-state index is 12.3. The van der Waals surface area contributed by atoms with Gasteiger partial charge in [-0.25, -0.2) is 0 Å². The minimum absolute atomic E-state index is 0.0188. The number of nitrogens with zero attached hydrogens (tertiary/aromatic N) is 2. The highest BCUT2D eigenvalue weighted by molar-refractivity contribution is 5.81. The van der Waals surface area contributed by atoms with Gasteiger partial charge < -0.3 is 15.4 Å². The fraction of sp³-hybridized carbons (Fsp3) is 0.900. The van der Waals surface area contributed by atoms with E-state index in [-0.39, 0.29) is 19.6 Å². The second-order valence-corrected chi connectivity index (χ2v) is 4.03. The maximum Gasteiger partial charge on any atom is 0.471 e. The highest BCUT2D eigenvalue weighted by atomic mass is 19.4. The van der Waals surface area contributed by atoms with E-state index < -0.39 is 12.1 Å². The molecule has 1 rings (SSSR count). The van der Waals surface area contributed by atoms with Crippen molar-refractivity contribution in [2.24, 2.45) is 5.73 Å². The first-order valence-corrected chi connectivity index (χ1v) is 5.81. The summed E-state index contributed by atoms with van der Waals surface area (Å²) in [5.41, 5.74) is 5.22. The average molecular weight is 269 g/mol. The third kappa shape index (κ3) is 4.79. The van der Waals surface area contributed by atoms with Crippen LogP contribution in [0.3, 0.4) is 0 Å². The Kier molecular flexibility index (Phi) is 5.83. The molecule has 0 unspecified atom stereocenters. The number of ether oxygens (including phenoxy) is 1. The Morgan fingerprint density at radius 2 is 1.89 bits per heavy atom. The quantitative estimate of drug-likeness (QED) is 0.742. The summed E-state index contributed by atoms with van der Waals surface area (Å²) in [7, 11) is 0. The van der Waals surface area contributed by atoms with Crippen LogP contribution in [0.1, 0.15) is 0 Å². The van der Waals surface area contributed by atoms with Gasteiger partial charge in [0, 0.05) is 39.3 Å². The molecule has 0 atom stereocenters. The first-order chi connectivity index (χ1) is 8.45. The molecule has 2 N–H and O–H groups in total. The predicted molar refractivity (Wildman–Crippen MR) is 58.9 cm³/mol. The van der Waals surface area contributed by atoms with Gasteiger partial charge in [-0.05, 0) is 0 Å². The van der Waals surface area contributed by atoms with Crippen molar-refractivity contribution in [2.75, 3.05) is 52.5 Å². The zero-order valence-corrected chi connectivity index (χ0v) is 10.1. The van der Waals surface area contributed by atoms with Crippen LogP contribution < -0.4 is 5.73 Å². The molecule has 1 amide bonds. The van der Waals surface area contributed by atoms with Crippen molar-refractivity contribution in [3.8, 4) is 0 Å². The number of carbonyl (C=O) groups is 1. The van der Waals surface area contributed by atoms with Crippen LogP contribution in [0.5, 0.6) is 0 Å². The number of morpholine rings is 1. The van der Waals surface area contributed by atoms with E-state index in [9.17, 15) is 18.0 Å². The summed E-state index contributed by atoms with van der Waals surface area (Å²) in [6.45, 7) is 2.88. The molecule has 0 aromatic heterocycles. The van der Waals surface area contributed by atoms with Crippen molar-refractivity contribution in [2.45, 2.75) is 6.18 Å². The van der Waals surface area contributed by atoms with Gasteiger partial charge in [0.25, 0.3) is 0 Å². The molecule has 0 saturated carbocycles. The van der Waals surface area contributed by atoms with Crippen LogP contribution in [0.4, 0.5) is 13.2 Å². The lowest BCUT2D eigenvalue weighted by molar-refractivity contribution is -0.185.